The number of nitrogens with zero attached hydrogens (tertiary/aromatic N) is 3. The Hall–Kier alpha value is -2.10. The molecule has 0 saturated carbocycles. The van der Waals surface area contributed by atoms with Gasteiger partial charge in [0.25, 0.3) is 0 Å². The Labute approximate surface area is 99.8 Å². The second kappa shape index (κ2) is 4.82. The maximum Gasteiger partial charge on any atom is 0.197 e. The van der Waals surface area contributed by atoms with Crippen molar-refractivity contribution in [2.75, 3.05) is 0 Å². The Morgan fingerprint density at radius 3 is 2.35 bits per heavy atom. The minimum atomic E-state index is -0.103. The third-order valence-electron chi connectivity index (χ3n) is 2.37. The molecule has 2 aromatic heterocycles. The summed E-state index contributed by atoms with van der Waals surface area (Å²) in [5.74, 6) is 0.902. The number of hydrogen-bond donors (Lipinski definition) is 0. The van der Waals surface area contributed by atoms with E-state index in [1.807, 2.05) is 13.8 Å². The van der Waals surface area contributed by atoms with Crippen LogP contribution in [0.3, 0.4) is 0 Å². The molecule has 0 aliphatic rings. The van der Waals surface area contributed by atoms with E-state index in [-0.39, 0.29) is 11.7 Å². The molecule has 2 aromatic rings. The zero-order valence-electron chi connectivity index (χ0n) is 9.79. The van der Waals surface area contributed by atoms with Crippen LogP contribution in [0, 0.1) is 0 Å². The molecule has 0 aromatic carbocycles. The van der Waals surface area contributed by atoms with E-state index in [1.54, 1.807) is 36.9 Å². The van der Waals surface area contributed by atoms with Crippen LogP contribution in [0.1, 0.15) is 41.5 Å². The van der Waals surface area contributed by atoms with Gasteiger partial charge in [0.15, 0.2) is 5.78 Å². The summed E-state index contributed by atoms with van der Waals surface area (Å²) in [6.07, 6.45) is 6.31. The molecule has 0 unspecified atom stereocenters. The third-order valence-corrected chi connectivity index (χ3v) is 2.37. The predicted molar refractivity (Wildman–Crippen MR) is 63.8 cm³/mol. The van der Waals surface area contributed by atoms with Gasteiger partial charge in [0, 0.05) is 36.3 Å². The topological polar surface area (TPSA) is 55.7 Å². The van der Waals surface area contributed by atoms with E-state index >= 15 is 0 Å². The molecule has 0 saturated heterocycles. The number of aromatic nitrogens is 3. The zero-order valence-corrected chi connectivity index (χ0v) is 9.79. The number of rotatable bonds is 3. The summed E-state index contributed by atoms with van der Waals surface area (Å²) in [5.41, 5.74) is 1.04. The average Bonchev–Trinajstić information content (AvgIpc) is 2.39. The fourth-order valence-corrected chi connectivity index (χ4v) is 1.42. The summed E-state index contributed by atoms with van der Waals surface area (Å²) < 4.78 is 0. The van der Waals surface area contributed by atoms with Crippen molar-refractivity contribution in [3.8, 4) is 0 Å². The first-order valence-electron chi connectivity index (χ1n) is 5.45. The van der Waals surface area contributed by atoms with Crippen LogP contribution in [-0.4, -0.2) is 20.7 Å². The van der Waals surface area contributed by atoms with Gasteiger partial charge in [-0.1, -0.05) is 13.8 Å². The largest absolute Gasteiger partial charge is 0.288 e. The second-order valence-electron chi connectivity index (χ2n) is 4.06. The minimum absolute atomic E-state index is 0.103. The molecule has 0 aliphatic carbocycles. The van der Waals surface area contributed by atoms with Gasteiger partial charge in [-0.3, -0.25) is 9.78 Å². The minimum Gasteiger partial charge on any atom is -0.288 e. The van der Waals surface area contributed by atoms with E-state index in [4.69, 9.17) is 0 Å². The monoisotopic (exact) mass is 227 g/mol. The van der Waals surface area contributed by atoms with Gasteiger partial charge in [-0.15, -0.1) is 0 Å². The summed E-state index contributed by atoms with van der Waals surface area (Å²) in [4.78, 5) is 24.3. The summed E-state index contributed by atoms with van der Waals surface area (Å²) in [6.45, 7) is 4.02. The van der Waals surface area contributed by atoms with Crippen molar-refractivity contribution in [3.63, 3.8) is 0 Å². The molecule has 2 rings (SSSR count). The molecular weight excluding hydrogens is 214 g/mol. The van der Waals surface area contributed by atoms with Gasteiger partial charge in [0.2, 0.25) is 0 Å². The van der Waals surface area contributed by atoms with Crippen LogP contribution < -0.4 is 0 Å². The van der Waals surface area contributed by atoms with Gasteiger partial charge in [-0.25, -0.2) is 9.97 Å². The third kappa shape index (κ3) is 2.53. The van der Waals surface area contributed by atoms with E-state index < -0.39 is 0 Å². The average molecular weight is 227 g/mol. The Morgan fingerprint density at radius 1 is 1.12 bits per heavy atom. The van der Waals surface area contributed by atoms with Crippen LogP contribution >= 0.6 is 0 Å². The highest BCUT2D eigenvalue weighted by Gasteiger charge is 2.10. The predicted octanol–water partition coefficient (Wildman–Crippen LogP) is 2.23. The van der Waals surface area contributed by atoms with Crippen molar-refractivity contribution in [3.05, 3.63) is 53.9 Å². The number of pyridine rings is 1. The number of hydrogen-bond acceptors (Lipinski definition) is 4. The van der Waals surface area contributed by atoms with Gasteiger partial charge >= 0.3 is 0 Å². The lowest BCUT2D eigenvalue weighted by molar-refractivity contribution is 0.103. The van der Waals surface area contributed by atoms with Gasteiger partial charge in [0.05, 0.1) is 5.56 Å². The van der Waals surface area contributed by atoms with Crippen LogP contribution in [0.4, 0.5) is 0 Å². The highest BCUT2D eigenvalue weighted by Crippen LogP contribution is 2.10. The van der Waals surface area contributed by atoms with Crippen molar-refractivity contribution in [1.82, 2.24) is 15.0 Å². The van der Waals surface area contributed by atoms with Crippen molar-refractivity contribution in [2.45, 2.75) is 19.8 Å². The van der Waals surface area contributed by atoms with E-state index in [9.17, 15) is 4.79 Å². The summed E-state index contributed by atoms with van der Waals surface area (Å²) in [6, 6.07) is 3.46. The molecule has 0 N–H and O–H groups in total. The highest BCUT2D eigenvalue weighted by molar-refractivity contribution is 6.08. The Morgan fingerprint density at radius 2 is 1.82 bits per heavy atom. The maximum atomic E-state index is 12.0. The van der Waals surface area contributed by atoms with E-state index in [0.29, 0.717) is 11.1 Å². The Kier molecular flexibility index (Phi) is 3.23. The summed E-state index contributed by atoms with van der Waals surface area (Å²) in [5, 5.41) is 0. The van der Waals surface area contributed by atoms with Gasteiger partial charge in [0.1, 0.15) is 5.82 Å². The van der Waals surface area contributed by atoms with E-state index in [2.05, 4.69) is 15.0 Å². The Bertz CT molecular complexity index is 506. The fraction of sp³-hybridized carbons (Fsp3) is 0.231. The number of ketones is 1. The zero-order chi connectivity index (χ0) is 12.3. The standard InChI is InChI=1S/C13H13N3O/c1-9(2)13-15-7-11(8-16-13)12(17)10-4-3-5-14-6-10/h3-9H,1-2H3. The molecule has 2 heterocycles. The first-order valence-corrected chi connectivity index (χ1v) is 5.45. The summed E-state index contributed by atoms with van der Waals surface area (Å²) in [7, 11) is 0. The SMILES string of the molecule is CC(C)c1ncc(C(=O)c2cccnc2)cn1. The molecular formula is C13H13N3O. The second-order valence-corrected chi connectivity index (χ2v) is 4.06. The molecule has 0 atom stereocenters. The van der Waals surface area contributed by atoms with Gasteiger partial charge in [-0.05, 0) is 12.1 Å². The molecule has 0 bridgehead atoms. The van der Waals surface area contributed by atoms with Crippen LogP contribution in [0.2, 0.25) is 0 Å². The van der Waals surface area contributed by atoms with Crippen LogP contribution in [0.25, 0.3) is 0 Å². The molecule has 4 nitrogen and oxygen atoms in total. The van der Waals surface area contributed by atoms with Crippen LogP contribution in [-0.2, 0) is 0 Å². The lowest BCUT2D eigenvalue weighted by Gasteiger charge is -2.04. The molecule has 4 heteroatoms. The lowest BCUT2D eigenvalue weighted by Crippen LogP contribution is -2.05. The first kappa shape index (κ1) is 11.4. The van der Waals surface area contributed by atoms with Gasteiger partial charge in [-0.2, -0.15) is 0 Å². The van der Waals surface area contributed by atoms with Crippen molar-refractivity contribution >= 4 is 5.78 Å². The molecule has 0 radical (unpaired) electrons. The summed E-state index contributed by atoms with van der Waals surface area (Å²) >= 11 is 0. The van der Waals surface area contributed by atoms with Gasteiger partial charge < -0.3 is 0 Å². The molecule has 86 valence electrons. The number of carbonyl (C=O) groups excluding carboxylic acids is 1. The highest BCUT2D eigenvalue weighted by atomic mass is 16.1. The fourth-order valence-electron chi connectivity index (χ4n) is 1.42. The quantitative estimate of drug-likeness (QED) is 0.754. The molecule has 0 amide bonds. The normalized spacial score (nSPS) is 10.5. The van der Waals surface area contributed by atoms with Crippen molar-refractivity contribution in [2.24, 2.45) is 0 Å². The molecule has 0 aliphatic heterocycles. The lowest BCUT2D eigenvalue weighted by atomic mass is 10.1. The first-order chi connectivity index (χ1) is 8.18. The molecule has 0 fully saturated rings. The van der Waals surface area contributed by atoms with Crippen LogP contribution in [0.5, 0.6) is 0 Å². The Balaban J connectivity index is 2.27. The smallest absolute Gasteiger partial charge is 0.197 e. The van der Waals surface area contributed by atoms with E-state index in [1.165, 1.54) is 0 Å². The van der Waals surface area contributed by atoms with Crippen LogP contribution in [0.15, 0.2) is 36.9 Å². The molecule has 17 heavy (non-hydrogen) atoms. The van der Waals surface area contributed by atoms with E-state index in [0.717, 1.165) is 5.82 Å². The maximum absolute atomic E-state index is 12.0. The van der Waals surface area contributed by atoms with Crippen molar-refractivity contribution < 1.29 is 4.79 Å². The molecule has 0 spiro atoms. The number of carbonyl (C=O) groups is 1. The van der Waals surface area contributed by atoms with Crippen molar-refractivity contribution in [1.29, 1.82) is 0 Å².